The van der Waals surface area contributed by atoms with Crippen LogP contribution in [-0.2, 0) is 22.5 Å². The molecule has 0 saturated carbocycles. The lowest BCUT2D eigenvalue weighted by molar-refractivity contribution is 0.0667. The number of methoxy groups -OCH3 is 1. The molecule has 0 spiro atoms. The molecule has 3 N–H and O–H groups in total. The average molecular weight is 599 g/mol. The number of fused-ring (bicyclic) bond motifs is 1. The summed E-state index contributed by atoms with van der Waals surface area (Å²) >= 11 is 0. The Hall–Kier alpha value is -4.26. The highest BCUT2D eigenvalue weighted by atomic mass is 32.2. The molecule has 0 atom stereocenters. The Labute approximate surface area is 246 Å². The molecule has 2 heterocycles. The second-order valence-electron chi connectivity index (χ2n) is 11.3. The zero-order chi connectivity index (χ0) is 31.0. The van der Waals surface area contributed by atoms with Crippen molar-refractivity contribution in [3.05, 3.63) is 53.2 Å². The number of nitrogens with one attached hydrogen (secondary N) is 3. The summed E-state index contributed by atoms with van der Waals surface area (Å²) in [5.74, 6) is -0.463. The van der Waals surface area contributed by atoms with Crippen molar-refractivity contribution in [2.45, 2.75) is 26.2 Å². The van der Waals surface area contributed by atoms with Crippen LogP contribution in [0.15, 0.2) is 36.4 Å². The average Bonchev–Trinajstić information content (AvgIpc) is 3.27. The minimum absolute atomic E-state index is 0.173. The van der Waals surface area contributed by atoms with Crippen LogP contribution >= 0.6 is 0 Å². The number of sulfonamides is 1. The van der Waals surface area contributed by atoms with Crippen LogP contribution in [0, 0.1) is 0 Å². The van der Waals surface area contributed by atoms with Crippen LogP contribution < -0.4 is 20.1 Å². The molecular weight excluding hydrogens is 560 g/mol. The van der Waals surface area contributed by atoms with E-state index in [1.165, 1.54) is 7.11 Å². The standard InChI is InChI=1S/C29H38N6O6S/c1-29(2,3)19-16-21(25(41-6)22(17-19)32-42(7,39)40)31-26(36)23-15-18-9-8-10-20(24(18)33(23)5)27(37)34-11-13-35(14-12-34)28(38)30-4/h8-10,15-17,32H,11-14H2,1-7H3,(H,30,38)(H,31,36). The van der Waals surface area contributed by atoms with Crippen LogP contribution in [0.5, 0.6) is 5.75 Å². The van der Waals surface area contributed by atoms with E-state index in [0.717, 1.165) is 11.8 Å². The van der Waals surface area contributed by atoms with E-state index < -0.39 is 15.9 Å². The van der Waals surface area contributed by atoms with Crippen molar-refractivity contribution in [2.24, 2.45) is 7.05 Å². The van der Waals surface area contributed by atoms with Gasteiger partial charge in [-0.1, -0.05) is 32.9 Å². The second-order valence-corrected chi connectivity index (χ2v) is 13.1. The van der Waals surface area contributed by atoms with E-state index in [-0.39, 0.29) is 28.8 Å². The predicted molar refractivity (Wildman–Crippen MR) is 163 cm³/mol. The van der Waals surface area contributed by atoms with Crippen molar-refractivity contribution in [1.29, 1.82) is 0 Å². The van der Waals surface area contributed by atoms with Crippen molar-refractivity contribution in [3.63, 3.8) is 0 Å². The molecule has 0 unspecified atom stereocenters. The summed E-state index contributed by atoms with van der Waals surface area (Å²) in [4.78, 5) is 42.6. The van der Waals surface area contributed by atoms with Gasteiger partial charge in [-0.05, 0) is 35.2 Å². The van der Waals surface area contributed by atoms with Gasteiger partial charge in [0, 0.05) is 45.7 Å². The number of carbonyl (C=O) groups is 3. The molecule has 2 aromatic carbocycles. The Morgan fingerprint density at radius 3 is 2.14 bits per heavy atom. The van der Waals surface area contributed by atoms with E-state index in [0.29, 0.717) is 54.0 Å². The van der Waals surface area contributed by atoms with Gasteiger partial charge in [-0.2, -0.15) is 0 Å². The van der Waals surface area contributed by atoms with Gasteiger partial charge in [-0.15, -0.1) is 0 Å². The van der Waals surface area contributed by atoms with Crippen molar-refractivity contribution in [3.8, 4) is 5.75 Å². The van der Waals surface area contributed by atoms with Gasteiger partial charge in [0.25, 0.3) is 11.8 Å². The summed E-state index contributed by atoms with van der Waals surface area (Å²) in [7, 11) is 1.07. The first-order valence-electron chi connectivity index (χ1n) is 13.5. The molecule has 3 aromatic rings. The number of benzene rings is 2. The van der Waals surface area contributed by atoms with E-state index in [1.54, 1.807) is 58.8 Å². The van der Waals surface area contributed by atoms with Gasteiger partial charge in [-0.25, -0.2) is 13.2 Å². The lowest BCUT2D eigenvalue weighted by Crippen LogP contribution is -2.52. The lowest BCUT2D eigenvalue weighted by Gasteiger charge is -2.34. The molecule has 0 bridgehead atoms. The summed E-state index contributed by atoms with van der Waals surface area (Å²) < 4.78 is 33.9. The Kier molecular flexibility index (Phi) is 8.44. The molecule has 1 aliphatic heterocycles. The van der Waals surface area contributed by atoms with Crippen molar-refractivity contribution in [2.75, 3.05) is 56.6 Å². The van der Waals surface area contributed by atoms with E-state index in [1.807, 2.05) is 26.8 Å². The molecule has 0 aliphatic carbocycles. The third kappa shape index (κ3) is 6.30. The maximum absolute atomic E-state index is 13.7. The zero-order valence-electron chi connectivity index (χ0n) is 25.0. The second kappa shape index (κ2) is 11.6. The largest absolute Gasteiger partial charge is 0.492 e. The molecule has 4 amide bonds. The molecule has 42 heavy (non-hydrogen) atoms. The van der Waals surface area contributed by atoms with Gasteiger partial charge in [-0.3, -0.25) is 14.3 Å². The van der Waals surface area contributed by atoms with Crippen LogP contribution in [0.4, 0.5) is 16.2 Å². The number of anilines is 2. The molecule has 226 valence electrons. The number of hydrogen-bond acceptors (Lipinski definition) is 6. The highest BCUT2D eigenvalue weighted by Gasteiger charge is 2.28. The Bertz CT molecular complexity index is 1650. The predicted octanol–water partition coefficient (Wildman–Crippen LogP) is 3.21. The minimum Gasteiger partial charge on any atom is -0.492 e. The summed E-state index contributed by atoms with van der Waals surface area (Å²) in [5, 5.41) is 6.22. The molecular formula is C29H38N6O6S. The number of amides is 4. The number of piperazine rings is 1. The molecule has 1 aromatic heterocycles. The number of hydrogen-bond donors (Lipinski definition) is 3. The zero-order valence-corrected chi connectivity index (χ0v) is 25.8. The molecule has 0 radical (unpaired) electrons. The Balaban J connectivity index is 1.68. The molecule has 1 saturated heterocycles. The van der Waals surface area contributed by atoms with Gasteiger partial charge < -0.3 is 29.7 Å². The quantitative estimate of drug-likeness (QED) is 0.398. The number of carbonyl (C=O) groups excluding carboxylic acids is 3. The molecule has 1 fully saturated rings. The maximum Gasteiger partial charge on any atom is 0.317 e. The molecule has 12 nitrogen and oxygen atoms in total. The SMILES string of the molecule is CNC(=O)N1CCN(C(=O)c2cccc3cc(C(=O)Nc4cc(C(C)(C)C)cc(NS(C)(=O)=O)c4OC)n(C)c23)CC1. The third-order valence-corrected chi connectivity index (χ3v) is 7.88. The normalized spacial score (nSPS) is 14.1. The van der Waals surface area contributed by atoms with Gasteiger partial charge in [0.15, 0.2) is 5.75 Å². The van der Waals surface area contributed by atoms with Gasteiger partial charge in [0.2, 0.25) is 10.0 Å². The summed E-state index contributed by atoms with van der Waals surface area (Å²) in [5.41, 5.74) is 2.30. The number of aryl methyl sites for hydroxylation is 1. The number of aromatic nitrogens is 1. The van der Waals surface area contributed by atoms with Crippen molar-refractivity contribution in [1.82, 2.24) is 19.7 Å². The number of urea groups is 1. The van der Waals surface area contributed by atoms with E-state index in [9.17, 15) is 22.8 Å². The van der Waals surface area contributed by atoms with Gasteiger partial charge in [0.1, 0.15) is 5.69 Å². The lowest BCUT2D eigenvalue weighted by atomic mass is 9.86. The fourth-order valence-electron chi connectivity index (χ4n) is 5.08. The van der Waals surface area contributed by atoms with Crippen LogP contribution in [0.3, 0.4) is 0 Å². The van der Waals surface area contributed by atoms with E-state index >= 15 is 0 Å². The topological polar surface area (TPSA) is 142 Å². The van der Waals surface area contributed by atoms with E-state index in [4.69, 9.17) is 4.74 Å². The fourth-order valence-corrected chi connectivity index (χ4v) is 5.64. The Morgan fingerprint density at radius 2 is 1.57 bits per heavy atom. The minimum atomic E-state index is -3.63. The first-order chi connectivity index (χ1) is 19.6. The van der Waals surface area contributed by atoms with Crippen LogP contribution in [0.25, 0.3) is 10.9 Å². The Morgan fingerprint density at radius 1 is 0.952 bits per heavy atom. The van der Waals surface area contributed by atoms with Gasteiger partial charge >= 0.3 is 6.03 Å². The number of ether oxygens (including phenoxy) is 1. The fraction of sp³-hybridized carbons (Fsp3) is 0.414. The number of nitrogens with zero attached hydrogens (tertiary/aromatic N) is 3. The molecule has 4 rings (SSSR count). The summed E-state index contributed by atoms with van der Waals surface area (Å²) in [6.07, 6.45) is 1.05. The van der Waals surface area contributed by atoms with Crippen LogP contribution in [0.2, 0.25) is 0 Å². The highest BCUT2D eigenvalue weighted by molar-refractivity contribution is 7.92. The maximum atomic E-state index is 13.7. The smallest absolute Gasteiger partial charge is 0.317 e. The first-order valence-corrected chi connectivity index (χ1v) is 15.4. The molecule has 1 aliphatic rings. The summed E-state index contributed by atoms with van der Waals surface area (Å²) in [6.45, 7) is 7.58. The first kappa shape index (κ1) is 30.7. The van der Waals surface area contributed by atoms with Crippen molar-refractivity contribution < 1.29 is 27.5 Å². The summed E-state index contributed by atoms with van der Waals surface area (Å²) in [6, 6.07) is 10.3. The van der Waals surface area contributed by atoms with Crippen LogP contribution in [0.1, 0.15) is 47.2 Å². The van der Waals surface area contributed by atoms with Crippen LogP contribution in [-0.4, -0.2) is 87.2 Å². The number of para-hydroxylation sites is 1. The van der Waals surface area contributed by atoms with E-state index in [2.05, 4.69) is 15.4 Å². The highest BCUT2D eigenvalue weighted by Crippen LogP contribution is 2.39. The van der Waals surface area contributed by atoms with Gasteiger partial charge in [0.05, 0.1) is 35.8 Å². The van der Waals surface area contributed by atoms with Crippen molar-refractivity contribution >= 4 is 50.1 Å². The third-order valence-electron chi connectivity index (χ3n) is 7.29. The molecule has 13 heteroatoms. The number of rotatable bonds is 6. The monoisotopic (exact) mass is 598 g/mol.